The van der Waals surface area contributed by atoms with Gasteiger partial charge in [-0.15, -0.1) is 0 Å². The molecule has 134 valence electrons. The van der Waals surface area contributed by atoms with Gasteiger partial charge in [-0.2, -0.15) is 0 Å². The number of halogens is 1. The fraction of sp³-hybridized carbons (Fsp3) is 0.300. The average Bonchev–Trinajstić information content (AvgIpc) is 2.98. The van der Waals surface area contributed by atoms with Crippen molar-refractivity contribution < 1.29 is 14.0 Å². The SMILES string of the molecule is O=C1N[C@@H](CC(=O)N2CCN(c3ccc(F)cc3)CC2)c2ccccc21. The molecule has 0 unspecified atom stereocenters. The molecule has 0 spiro atoms. The molecule has 2 amide bonds. The second-order valence-corrected chi connectivity index (χ2v) is 6.66. The summed E-state index contributed by atoms with van der Waals surface area (Å²) in [4.78, 5) is 28.6. The van der Waals surface area contributed by atoms with Gasteiger partial charge in [-0.25, -0.2) is 4.39 Å². The van der Waals surface area contributed by atoms with Crippen molar-refractivity contribution >= 4 is 17.5 Å². The van der Waals surface area contributed by atoms with E-state index in [1.807, 2.05) is 23.1 Å². The zero-order valence-electron chi connectivity index (χ0n) is 14.3. The van der Waals surface area contributed by atoms with Crippen LogP contribution in [-0.4, -0.2) is 42.9 Å². The van der Waals surface area contributed by atoms with Crippen LogP contribution in [0.4, 0.5) is 10.1 Å². The molecule has 5 nitrogen and oxygen atoms in total. The molecular formula is C20H20FN3O2. The van der Waals surface area contributed by atoms with Gasteiger partial charge in [0.1, 0.15) is 5.82 Å². The summed E-state index contributed by atoms with van der Waals surface area (Å²) in [5.74, 6) is -0.313. The van der Waals surface area contributed by atoms with Crippen LogP contribution in [0, 0.1) is 5.82 Å². The van der Waals surface area contributed by atoms with Crippen molar-refractivity contribution in [2.24, 2.45) is 0 Å². The molecule has 2 aliphatic heterocycles. The number of benzene rings is 2. The predicted molar refractivity (Wildman–Crippen MR) is 96.5 cm³/mol. The maximum Gasteiger partial charge on any atom is 0.252 e. The number of amides is 2. The van der Waals surface area contributed by atoms with Gasteiger partial charge in [0, 0.05) is 37.4 Å². The van der Waals surface area contributed by atoms with E-state index in [0.29, 0.717) is 31.7 Å². The number of rotatable bonds is 3. The maximum atomic E-state index is 13.0. The van der Waals surface area contributed by atoms with Crippen LogP contribution in [0.3, 0.4) is 0 Å². The first-order valence-electron chi connectivity index (χ1n) is 8.80. The van der Waals surface area contributed by atoms with Crippen molar-refractivity contribution in [2.75, 3.05) is 31.1 Å². The van der Waals surface area contributed by atoms with Gasteiger partial charge in [0.15, 0.2) is 0 Å². The summed E-state index contributed by atoms with van der Waals surface area (Å²) in [5, 5.41) is 2.90. The van der Waals surface area contributed by atoms with E-state index in [9.17, 15) is 14.0 Å². The Morgan fingerprint density at radius 1 is 1.04 bits per heavy atom. The van der Waals surface area contributed by atoms with Gasteiger partial charge in [0.05, 0.1) is 12.5 Å². The highest BCUT2D eigenvalue weighted by Gasteiger charge is 2.31. The average molecular weight is 353 g/mol. The number of hydrogen-bond donors (Lipinski definition) is 1. The lowest BCUT2D eigenvalue weighted by Crippen LogP contribution is -2.49. The zero-order valence-corrected chi connectivity index (χ0v) is 14.3. The van der Waals surface area contributed by atoms with Crippen molar-refractivity contribution in [1.82, 2.24) is 10.2 Å². The van der Waals surface area contributed by atoms with Crippen LogP contribution in [0.2, 0.25) is 0 Å². The van der Waals surface area contributed by atoms with E-state index >= 15 is 0 Å². The number of fused-ring (bicyclic) bond motifs is 1. The molecule has 2 aliphatic rings. The van der Waals surface area contributed by atoms with Crippen LogP contribution in [0.25, 0.3) is 0 Å². The van der Waals surface area contributed by atoms with Gasteiger partial charge in [0.25, 0.3) is 5.91 Å². The molecule has 0 aromatic heterocycles. The van der Waals surface area contributed by atoms with Crippen molar-refractivity contribution in [3.8, 4) is 0 Å². The number of nitrogens with one attached hydrogen (secondary N) is 1. The van der Waals surface area contributed by atoms with Crippen LogP contribution in [0.5, 0.6) is 0 Å². The van der Waals surface area contributed by atoms with E-state index in [-0.39, 0.29) is 30.1 Å². The Morgan fingerprint density at radius 3 is 2.46 bits per heavy atom. The standard InChI is InChI=1S/C20H20FN3O2/c21-14-5-7-15(8-6-14)23-9-11-24(12-10-23)19(25)13-18-16-3-1-2-4-17(16)20(26)22-18/h1-8,18H,9-13H2,(H,22,26)/t18-/m0/s1. The summed E-state index contributed by atoms with van der Waals surface area (Å²) >= 11 is 0. The highest BCUT2D eigenvalue weighted by atomic mass is 19.1. The Kier molecular flexibility index (Phi) is 4.32. The third-order valence-electron chi connectivity index (χ3n) is 5.09. The molecule has 1 N–H and O–H groups in total. The van der Waals surface area contributed by atoms with Crippen molar-refractivity contribution in [3.05, 3.63) is 65.5 Å². The minimum Gasteiger partial charge on any atom is -0.368 e. The van der Waals surface area contributed by atoms with Crippen LogP contribution in [-0.2, 0) is 4.79 Å². The Morgan fingerprint density at radius 2 is 1.73 bits per heavy atom. The number of nitrogens with zero attached hydrogens (tertiary/aromatic N) is 2. The summed E-state index contributed by atoms with van der Waals surface area (Å²) < 4.78 is 13.0. The smallest absolute Gasteiger partial charge is 0.252 e. The Labute approximate surface area is 151 Å². The first kappa shape index (κ1) is 16.6. The van der Waals surface area contributed by atoms with E-state index in [2.05, 4.69) is 10.2 Å². The summed E-state index contributed by atoms with van der Waals surface area (Å²) in [6.45, 7) is 2.67. The first-order chi connectivity index (χ1) is 12.6. The van der Waals surface area contributed by atoms with Gasteiger partial charge in [-0.1, -0.05) is 18.2 Å². The van der Waals surface area contributed by atoms with E-state index in [4.69, 9.17) is 0 Å². The lowest BCUT2D eigenvalue weighted by molar-refractivity contribution is -0.132. The van der Waals surface area contributed by atoms with Crippen LogP contribution in [0.15, 0.2) is 48.5 Å². The van der Waals surface area contributed by atoms with Crippen LogP contribution < -0.4 is 10.2 Å². The second kappa shape index (κ2) is 6.78. The molecule has 2 aromatic carbocycles. The highest BCUT2D eigenvalue weighted by molar-refractivity contribution is 5.99. The summed E-state index contributed by atoms with van der Waals surface area (Å²) in [6, 6.07) is 13.6. The topological polar surface area (TPSA) is 52.7 Å². The van der Waals surface area contributed by atoms with Crippen LogP contribution in [0.1, 0.15) is 28.4 Å². The van der Waals surface area contributed by atoms with Gasteiger partial charge >= 0.3 is 0 Å². The third kappa shape index (κ3) is 3.14. The molecule has 1 saturated heterocycles. The van der Waals surface area contributed by atoms with E-state index in [1.165, 1.54) is 12.1 Å². The van der Waals surface area contributed by atoms with Crippen molar-refractivity contribution in [2.45, 2.75) is 12.5 Å². The maximum absolute atomic E-state index is 13.0. The summed E-state index contributed by atoms with van der Waals surface area (Å²) in [5.41, 5.74) is 2.53. The molecule has 1 fully saturated rings. The highest BCUT2D eigenvalue weighted by Crippen LogP contribution is 2.28. The Hall–Kier alpha value is -2.89. The molecule has 0 saturated carbocycles. The number of carbonyl (C=O) groups is 2. The Bertz CT molecular complexity index is 829. The molecule has 6 heteroatoms. The fourth-order valence-electron chi connectivity index (χ4n) is 3.65. The van der Waals surface area contributed by atoms with Crippen molar-refractivity contribution in [1.29, 1.82) is 0 Å². The zero-order chi connectivity index (χ0) is 18.1. The predicted octanol–water partition coefficient (Wildman–Crippen LogP) is 2.35. The monoisotopic (exact) mass is 353 g/mol. The lowest BCUT2D eigenvalue weighted by Gasteiger charge is -2.36. The lowest BCUT2D eigenvalue weighted by atomic mass is 10.0. The molecule has 0 radical (unpaired) electrons. The van der Waals surface area contributed by atoms with E-state index < -0.39 is 0 Å². The second-order valence-electron chi connectivity index (χ2n) is 6.66. The molecule has 1 atom stereocenters. The summed E-state index contributed by atoms with van der Waals surface area (Å²) in [7, 11) is 0. The number of piperazine rings is 1. The molecule has 2 aromatic rings. The van der Waals surface area contributed by atoms with Gasteiger partial charge in [-0.3, -0.25) is 9.59 Å². The molecular weight excluding hydrogens is 333 g/mol. The number of hydrogen-bond acceptors (Lipinski definition) is 3. The van der Waals surface area contributed by atoms with Gasteiger partial charge in [-0.05, 0) is 35.9 Å². The van der Waals surface area contributed by atoms with Crippen molar-refractivity contribution in [3.63, 3.8) is 0 Å². The number of carbonyl (C=O) groups excluding carboxylic acids is 2. The minimum absolute atomic E-state index is 0.0470. The first-order valence-corrected chi connectivity index (χ1v) is 8.80. The molecule has 0 aliphatic carbocycles. The quantitative estimate of drug-likeness (QED) is 0.922. The minimum atomic E-state index is -0.249. The van der Waals surface area contributed by atoms with Crippen LogP contribution >= 0.6 is 0 Å². The largest absolute Gasteiger partial charge is 0.368 e. The molecule has 0 bridgehead atoms. The normalized spacial score (nSPS) is 19.3. The molecule has 2 heterocycles. The summed E-state index contributed by atoms with van der Waals surface area (Å²) in [6.07, 6.45) is 0.277. The molecule has 4 rings (SSSR count). The van der Waals surface area contributed by atoms with E-state index in [0.717, 1.165) is 11.3 Å². The fourth-order valence-corrected chi connectivity index (χ4v) is 3.65. The number of anilines is 1. The van der Waals surface area contributed by atoms with Gasteiger partial charge < -0.3 is 15.1 Å². The van der Waals surface area contributed by atoms with E-state index in [1.54, 1.807) is 18.2 Å². The Balaban J connectivity index is 1.36. The molecule has 26 heavy (non-hydrogen) atoms. The van der Waals surface area contributed by atoms with Gasteiger partial charge in [0.2, 0.25) is 5.91 Å². The third-order valence-corrected chi connectivity index (χ3v) is 5.09.